The molecule has 2 aliphatic rings. The summed E-state index contributed by atoms with van der Waals surface area (Å²) in [7, 11) is 1.73. The number of methoxy groups -OCH3 is 1. The Balaban J connectivity index is 1.92. The predicted octanol–water partition coefficient (Wildman–Crippen LogP) is 3.04. The second-order valence-electron chi connectivity index (χ2n) is 8.55. The molecule has 134 valence electrons. The van der Waals surface area contributed by atoms with E-state index in [2.05, 4.69) is 19.2 Å². The Labute approximate surface area is 141 Å². The normalized spacial score (nSPS) is 35.4. The molecule has 0 radical (unpaired) electrons. The summed E-state index contributed by atoms with van der Waals surface area (Å²) in [6, 6.07) is 0.713. The van der Waals surface area contributed by atoms with Crippen LogP contribution in [0.4, 0.5) is 4.79 Å². The first-order chi connectivity index (χ1) is 10.7. The lowest BCUT2D eigenvalue weighted by atomic mass is 9.80. The van der Waals surface area contributed by atoms with Crippen LogP contribution in [0.25, 0.3) is 0 Å². The molecule has 1 N–H and O–H groups in total. The number of carbonyl (C=O) groups excluding carboxylic acids is 1. The van der Waals surface area contributed by atoms with Crippen LogP contribution in [-0.4, -0.2) is 55.0 Å². The van der Waals surface area contributed by atoms with Crippen molar-refractivity contribution in [2.75, 3.05) is 20.2 Å². The Morgan fingerprint density at radius 2 is 1.70 bits per heavy atom. The van der Waals surface area contributed by atoms with Gasteiger partial charge in [-0.25, -0.2) is 4.79 Å². The summed E-state index contributed by atoms with van der Waals surface area (Å²) >= 11 is 0. The molecule has 0 aromatic heterocycles. The molecule has 0 spiro atoms. The smallest absolute Gasteiger partial charge is 0.410 e. The molecule has 2 rings (SSSR count). The molecule has 23 heavy (non-hydrogen) atoms. The van der Waals surface area contributed by atoms with Gasteiger partial charge in [0.05, 0.1) is 18.7 Å². The van der Waals surface area contributed by atoms with Crippen molar-refractivity contribution in [3.63, 3.8) is 0 Å². The summed E-state index contributed by atoms with van der Waals surface area (Å²) < 4.78 is 11.1. The minimum absolute atomic E-state index is 0.0371. The van der Waals surface area contributed by atoms with Crippen molar-refractivity contribution in [2.24, 2.45) is 11.8 Å². The van der Waals surface area contributed by atoms with Crippen molar-refractivity contribution >= 4 is 6.09 Å². The highest BCUT2D eigenvalue weighted by Crippen LogP contribution is 2.29. The van der Waals surface area contributed by atoms with Crippen molar-refractivity contribution < 1.29 is 14.3 Å². The fraction of sp³-hybridized carbons (Fsp3) is 0.944. The Morgan fingerprint density at radius 1 is 1.09 bits per heavy atom. The van der Waals surface area contributed by atoms with Crippen LogP contribution in [0.5, 0.6) is 0 Å². The van der Waals surface area contributed by atoms with Gasteiger partial charge in [0.2, 0.25) is 0 Å². The van der Waals surface area contributed by atoms with E-state index in [9.17, 15) is 4.79 Å². The van der Waals surface area contributed by atoms with Crippen molar-refractivity contribution in [2.45, 2.75) is 77.7 Å². The number of carbonyl (C=O) groups is 1. The number of nitrogens with one attached hydrogen (secondary N) is 1. The number of rotatable bonds is 3. The van der Waals surface area contributed by atoms with Crippen molar-refractivity contribution in [1.82, 2.24) is 10.2 Å². The van der Waals surface area contributed by atoms with E-state index in [0.29, 0.717) is 19.1 Å². The molecule has 1 saturated heterocycles. The number of nitrogens with zero attached hydrogens (tertiary/aromatic N) is 1. The predicted molar refractivity (Wildman–Crippen MR) is 91.5 cm³/mol. The van der Waals surface area contributed by atoms with E-state index < -0.39 is 5.60 Å². The fourth-order valence-electron chi connectivity index (χ4n) is 4.03. The van der Waals surface area contributed by atoms with Gasteiger partial charge in [-0.2, -0.15) is 0 Å². The molecule has 1 aliphatic heterocycles. The Hall–Kier alpha value is -0.810. The third-order valence-electron chi connectivity index (χ3n) is 4.85. The number of amides is 1. The van der Waals surface area contributed by atoms with Crippen LogP contribution in [0.3, 0.4) is 0 Å². The largest absolute Gasteiger partial charge is 0.444 e. The highest BCUT2D eigenvalue weighted by molar-refractivity contribution is 5.68. The lowest BCUT2D eigenvalue weighted by molar-refractivity contribution is 0.0252. The lowest BCUT2D eigenvalue weighted by Gasteiger charge is -2.34. The maximum absolute atomic E-state index is 12.3. The summed E-state index contributed by atoms with van der Waals surface area (Å²) in [4.78, 5) is 14.1. The Kier molecular flexibility index (Phi) is 5.95. The van der Waals surface area contributed by atoms with E-state index in [1.807, 2.05) is 20.8 Å². The summed E-state index contributed by atoms with van der Waals surface area (Å²) in [6.07, 6.45) is 3.54. The van der Waals surface area contributed by atoms with Gasteiger partial charge >= 0.3 is 6.09 Å². The molecule has 3 unspecified atom stereocenters. The van der Waals surface area contributed by atoms with Gasteiger partial charge in [-0.3, -0.25) is 0 Å². The first-order valence-corrected chi connectivity index (χ1v) is 8.94. The van der Waals surface area contributed by atoms with Crippen LogP contribution < -0.4 is 5.32 Å². The van der Waals surface area contributed by atoms with Crippen LogP contribution in [-0.2, 0) is 9.47 Å². The van der Waals surface area contributed by atoms with Crippen LogP contribution >= 0.6 is 0 Å². The standard InChI is InChI=1S/C18H34N2O3/c1-12-7-13(2)9-14(8-12)19-15-10-20(11-16(15)22-6)17(21)23-18(3,4)5/h12-16,19H,7-11H2,1-6H3/t12?,13?,14?,15?,16-/m0/s1. The Morgan fingerprint density at radius 3 is 2.22 bits per heavy atom. The maximum Gasteiger partial charge on any atom is 0.410 e. The third kappa shape index (κ3) is 5.35. The number of likely N-dealkylation sites (tertiary alicyclic amines) is 1. The van der Waals surface area contributed by atoms with E-state index in [-0.39, 0.29) is 18.2 Å². The second kappa shape index (κ2) is 7.39. The van der Waals surface area contributed by atoms with Crippen molar-refractivity contribution in [3.05, 3.63) is 0 Å². The van der Waals surface area contributed by atoms with E-state index in [1.54, 1.807) is 12.0 Å². The third-order valence-corrected chi connectivity index (χ3v) is 4.85. The van der Waals surface area contributed by atoms with E-state index in [4.69, 9.17) is 9.47 Å². The molecule has 1 saturated carbocycles. The van der Waals surface area contributed by atoms with Crippen LogP contribution in [0, 0.1) is 11.8 Å². The molecule has 0 aromatic carbocycles. The highest BCUT2D eigenvalue weighted by atomic mass is 16.6. The second-order valence-corrected chi connectivity index (χ2v) is 8.55. The molecule has 1 heterocycles. The van der Waals surface area contributed by atoms with Gasteiger partial charge in [-0.1, -0.05) is 13.8 Å². The fourth-order valence-corrected chi connectivity index (χ4v) is 4.03. The van der Waals surface area contributed by atoms with Gasteiger partial charge in [0.1, 0.15) is 5.60 Å². The molecule has 4 atom stereocenters. The summed E-state index contributed by atoms with van der Waals surface area (Å²) in [5.74, 6) is 1.53. The van der Waals surface area contributed by atoms with Gasteiger partial charge in [-0.05, 0) is 51.9 Å². The average molecular weight is 326 g/mol. The van der Waals surface area contributed by atoms with Crippen LogP contribution in [0.2, 0.25) is 0 Å². The Bertz CT molecular complexity index is 398. The van der Waals surface area contributed by atoms with Gasteiger partial charge in [0.25, 0.3) is 0 Å². The molecule has 5 heteroatoms. The molecule has 0 bridgehead atoms. The van der Waals surface area contributed by atoms with Gasteiger partial charge in [0, 0.05) is 19.7 Å². The zero-order valence-corrected chi connectivity index (χ0v) is 15.6. The average Bonchev–Trinajstić information content (AvgIpc) is 2.78. The number of ether oxygens (including phenoxy) is 2. The molecule has 5 nitrogen and oxygen atoms in total. The van der Waals surface area contributed by atoms with E-state index in [1.165, 1.54) is 19.3 Å². The minimum atomic E-state index is -0.459. The van der Waals surface area contributed by atoms with Gasteiger partial charge in [-0.15, -0.1) is 0 Å². The minimum Gasteiger partial charge on any atom is -0.444 e. The van der Waals surface area contributed by atoms with Crippen molar-refractivity contribution in [3.8, 4) is 0 Å². The van der Waals surface area contributed by atoms with Gasteiger partial charge in [0.15, 0.2) is 0 Å². The van der Waals surface area contributed by atoms with E-state index in [0.717, 1.165) is 11.8 Å². The molecule has 1 amide bonds. The molecule has 0 aromatic rings. The zero-order valence-electron chi connectivity index (χ0n) is 15.6. The van der Waals surface area contributed by atoms with Crippen LogP contribution in [0.1, 0.15) is 53.9 Å². The summed E-state index contributed by atoms with van der Waals surface area (Å²) in [6.45, 7) is 11.6. The van der Waals surface area contributed by atoms with Gasteiger partial charge < -0.3 is 19.7 Å². The lowest BCUT2D eigenvalue weighted by Crippen LogP contribution is -2.48. The number of hydrogen-bond acceptors (Lipinski definition) is 4. The van der Waals surface area contributed by atoms with E-state index >= 15 is 0 Å². The zero-order chi connectivity index (χ0) is 17.2. The summed E-state index contributed by atoms with van der Waals surface area (Å²) in [5, 5.41) is 3.75. The maximum atomic E-state index is 12.3. The van der Waals surface area contributed by atoms with Crippen molar-refractivity contribution in [1.29, 1.82) is 0 Å². The molecule has 1 aliphatic carbocycles. The summed E-state index contributed by atoms with van der Waals surface area (Å²) in [5.41, 5.74) is -0.459. The topological polar surface area (TPSA) is 50.8 Å². The molecular formula is C18H34N2O3. The molecular weight excluding hydrogens is 292 g/mol. The quantitative estimate of drug-likeness (QED) is 0.866. The van der Waals surface area contributed by atoms with Crippen LogP contribution in [0.15, 0.2) is 0 Å². The highest BCUT2D eigenvalue weighted by Gasteiger charge is 2.39. The first-order valence-electron chi connectivity index (χ1n) is 8.94. The molecule has 2 fully saturated rings. The first kappa shape index (κ1) is 18.5. The SMILES string of the molecule is CO[C@H]1CN(C(=O)OC(C)(C)C)CC1NC1CC(C)CC(C)C1. The number of hydrogen-bond donors (Lipinski definition) is 1. The monoisotopic (exact) mass is 326 g/mol.